The summed E-state index contributed by atoms with van der Waals surface area (Å²) in [5.41, 5.74) is -0.0776. The number of nitrogens with zero attached hydrogens (tertiary/aromatic N) is 1. The van der Waals surface area contributed by atoms with E-state index in [1.165, 1.54) is 6.07 Å². The second-order valence-corrected chi connectivity index (χ2v) is 5.08. The van der Waals surface area contributed by atoms with Crippen molar-refractivity contribution < 1.29 is 18.6 Å². The van der Waals surface area contributed by atoms with Gasteiger partial charge in [0.1, 0.15) is 11.4 Å². The summed E-state index contributed by atoms with van der Waals surface area (Å²) in [5, 5.41) is 8.51. The Labute approximate surface area is 118 Å². The average Bonchev–Trinajstić information content (AvgIpc) is 2.46. The molecule has 1 heterocycles. The number of nitriles is 1. The molecule has 0 aromatic heterocycles. The Morgan fingerprint density at radius 2 is 2.10 bits per heavy atom. The molecule has 5 heteroatoms. The van der Waals surface area contributed by atoms with E-state index in [0.29, 0.717) is 31.6 Å². The minimum atomic E-state index is -0.592. The molecule has 2 rings (SSSR count). The van der Waals surface area contributed by atoms with Crippen LogP contribution in [0.5, 0.6) is 0 Å². The third-order valence-corrected chi connectivity index (χ3v) is 3.17. The Balaban J connectivity index is 1.82. The van der Waals surface area contributed by atoms with E-state index < -0.39 is 5.60 Å². The number of hydrogen-bond acceptors (Lipinski definition) is 4. The van der Waals surface area contributed by atoms with Crippen LogP contribution in [0.3, 0.4) is 0 Å². The molecule has 0 aliphatic carbocycles. The molecule has 1 saturated heterocycles. The Hall–Kier alpha value is -1.48. The van der Waals surface area contributed by atoms with Crippen LogP contribution in [0.25, 0.3) is 0 Å². The molecule has 4 nitrogen and oxygen atoms in total. The summed E-state index contributed by atoms with van der Waals surface area (Å²) >= 11 is 0. The summed E-state index contributed by atoms with van der Waals surface area (Å²) < 4.78 is 30.3. The van der Waals surface area contributed by atoms with Crippen LogP contribution in [-0.4, -0.2) is 25.1 Å². The molecule has 1 fully saturated rings. The van der Waals surface area contributed by atoms with E-state index in [1.807, 2.05) is 6.92 Å². The number of rotatable bonds is 5. The minimum Gasteiger partial charge on any atom is -0.366 e. The van der Waals surface area contributed by atoms with Crippen LogP contribution in [0.4, 0.5) is 4.39 Å². The lowest BCUT2D eigenvalue weighted by atomic mass is 10.1. The zero-order chi connectivity index (χ0) is 14.4. The summed E-state index contributed by atoms with van der Waals surface area (Å²) in [6.45, 7) is 2.79. The minimum absolute atomic E-state index is 0.179. The zero-order valence-electron chi connectivity index (χ0n) is 11.5. The Bertz CT molecular complexity index is 478. The fraction of sp³-hybridized carbons (Fsp3) is 0.533. The SMILES string of the molecule is C[C@]1(OCc2ccccc2F)CO[C@@H](CCC#N)OC1. The molecular weight excluding hydrogens is 261 g/mol. The molecule has 0 spiro atoms. The lowest BCUT2D eigenvalue weighted by Crippen LogP contribution is -2.47. The second-order valence-electron chi connectivity index (χ2n) is 5.08. The van der Waals surface area contributed by atoms with Crippen LogP contribution in [0.15, 0.2) is 24.3 Å². The smallest absolute Gasteiger partial charge is 0.158 e. The van der Waals surface area contributed by atoms with E-state index in [0.717, 1.165) is 0 Å². The van der Waals surface area contributed by atoms with Crippen molar-refractivity contribution in [3.05, 3.63) is 35.6 Å². The highest BCUT2D eigenvalue weighted by molar-refractivity contribution is 5.16. The van der Waals surface area contributed by atoms with Crippen molar-refractivity contribution in [3.63, 3.8) is 0 Å². The molecule has 0 radical (unpaired) electrons. The lowest BCUT2D eigenvalue weighted by Gasteiger charge is -2.37. The maximum Gasteiger partial charge on any atom is 0.158 e. The van der Waals surface area contributed by atoms with Crippen LogP contribution in [-0.2, 0) is 20.8 Å². The van der Waals surface area contributed by atoms with Gasteiger partial charge in [0.25, 0.3) is 0 Å². The van der Waals surface area contributed by atoms with Crippen molar-refractivity contribution >= 4 is 0 Å². The van der Waals surface area contributed by atoms with Crippen LogP contribution >= 0.6 is 0 Å². The molecular formula is C15H18FNO3. The molecule has 20 heavy (non-hydrogen) atoms. The third-order valence-electron chi connectivity index (χ3n) is 3.17. The van der Waals surface area contributed by atoms with Gasteiger partial charge in [0.2, 0.25) is 0 Å². The Morgan fingerprint density at radius 1 is 1.40 bits per heavy atom. The van der Waals surface area contributed by atoms with Gasteiger partial charge in [0, 0.05) is 18.4 Å². The number of ether oxygens (including phenoxy) is 3. The maximum atomic E-state index is 13.5. The Kier molecular flexibility index (Phi) is 5.07. The molecule has 1 aliphatic heterocycles. The second kappa shape index (κ2) is 6.80. The van der Waals surface area contributed by atoms with Crippen LogP contribution in [0.1, 0.15) is 25.3 Å². The standard InChI is InChI=1S/C15H18FNO3/c1-15(10-18-14(19-11-15)7-4-8-17)20-9-12-5-2-3-6-13(12)16/h2-3,5-6,14H,4,7,9-11H2,1H3/t14-,15+. The van der Waals surface area contributed by atoms with Crippen molar-refractivity contribution in [2.45, 2.75) is 38.3 Å². The van der Waals surface area contributed by atoms with E-state index in [1.54, 1.807) is 18.2 Å². The van der Waals surface area contributed by atoms with Crippen molar-refractivity contribution in [1.82, 2.24) is 0 Å². The first kappa shape index (κ1) is 14.9. The summed E-state index contributed by atoms with van der Waals surface area (Å²) in [7, 11) is 0. The zero-order valence-corrected chi connectivity index (χ0v) is 11.5. The summed E-state index contributed by atoms with van der Waals surface area (Å²) in [6, 6.07) is 8.58. The number of benzene rings is 1. The van der Waals surface area contributed by atoms with Gasteiger partial charge in [-0.3, -0.25) is 0 Å². The Morgan fingerprint density at radius 3 is 2.75 bits per heavy atom. The van der Waals surface area contributed by atoms with Crippen LogP contribution < -0.4 is 0 Å². The summed E-state index contributed by atoms with van der Waals surface area (Å²) in [6.07, 6.45) is 0.608. The first-order valence-electron chi connectivity index (χ1n) is 6.60. The van der Waals surface area contributed by atoms with E-state index in [4.69, 9.17) is 19.5 Å². The van der Waals surface area contributed by atoms with Crippen molar-refractivity contribution in [2.24, 2.45) is 0 Å². The molecule has 0 unspecified atom stereocenters. The first-order chi connectivity index (χ1) is 9.63. The van der Waals surface area contributed by atoms with Crippen molar-refractivity contribution in [1.29, 1.82) is 5.26 Å². The predicted octanol–water partition coefficient (Wildman–Crippen LogP) is 2.78. The van der Waals surface area contributed by atoms with Gasteiger partial charge < -0.3 is 14.2 Å². The molecule has 1 aromatic carbocycles. The van der Waals surface area contributed by atoms with E-state index in [-0.39, 0.29) is 18.7 Å². The predicted molar refractivity (Wildman–Crippen MR) is 70.1 cm³/mol. The van der Waals surface area contributed by atoms with E-state index in [2.05, 4.69) is 6.07 Å². The highest BCUT2D eigenvalue weighted by Crippen LogP contribution is 2.23. The van der Waals surface area contributed by atoms with Crippen LogP contribution in [0.2, 0.25) is 0 Å². The van der Waals surface area contributed by atoms with Crippen molar-refractivity contribution in [2.75, 3.05) is 13.2 Å². The van der Waals surface area contributed by atoms with Gasteiger partial charge in [-0.25, -0.2) is 4.39 Å². The van der Waals surface area contributed by atoms with Gasteiger partial charge in [0.15, 0.2) is 6.29 Å². The molecule has 1 aromatic rings. The monoisotopic (exact) mass is 279 g/mol. The molecule has 0 atom stereocenters. The topological polar surface area (TPSA) is 51.5 Å². The summed E-state index contributed by atoms with van der Waals surface area (Å²) in [5.74, 6) is -0.277. The molecule has 1 aliphatic rings. The highest BCUT2D eigenvalue weighted by atomic mass is 19.1. The molecule has 108 valence electrons. The number of hydrogen-bond donors (Lipinski definition) is 0. The van der Waals surface area contributed by atoms with Crippen molar-refractivity contribution in [3.8, 4) is 6.07 Å². The highest BCUT2D eigenvalue weighted by Gasteiger charge is 2.33. The molecule has 0 N–H and O–H groups in total. The third kappa shape index (κ3) is 4.01. The van der Waals surface area contributed by atoms with Gasteiger partial charge in [-0.05, 0) is 13.0 Å². The summed E-state index contributed by atoms with van der Waals surface area (Å²) in [4.78, 5) is 0. The molecule has 0 saturated carbocycles. The van der Waals surface area contributed by atoms with E-state index >= 15 is 0 Å². The van der Waals surface area contributed by atoms with Gasteiger partial charge in [0.05, 0.1) is 25.9 Å². The molecule has 0 bridgehead atoms. The normalized spacial score (nSPS) is 26.1. The van der Waals surface area contributed by atoms with Crippen LogP contribution in [0, 0.1) is 17.1 Å². The number of halogens is 1. The fourth-order valence-electron chi connectivity index (χ4n) is 1.93. The lowest BCUT2D eigenvalue weighted by molar-refractivity contribution is -0.264. The van der Waals surface area contributed by atoms with Gasteiger partial charge in [-0.2, -0.15) is 5.26 Å². The fourth-order valence-corrected chi connectivity index (χ4v) is 1.93. The van der Waals surface area contributed by atoms with Gasteiger partial charge in [-0.15, -0.1) is 0 Å². The van der Waals surface area contributed by atoms with Gasteiger partial charge in [-0.1, -0.05) is 18.2 Å². The largest absolute Gasteiger partial charge is 0.366 e. The quantitative estimate of drug-likeness (QED) is 0.831. The maximum absolute atomic E-state index is 13.5. The van der Waals surface area contributed by atoms with E-state index in [9.17, 15) is 4.39 Å². The van der Waals surface area contributed by atoms with Gasteiger partial charge >= 0.3 is 0 Å². The average molecular weight is 279 g/mol. The molecule has 0 amide bonds. The first-order valence-corrected chi connectivity index (χ1v) is 6.60.